The highest BCUT2D eigenvalue weighted by Crippen LogP contribution is 2.23. The van der Waals surface area contributed by atoms with Crippen LogP contribution in [0.15, 0.2) is 15.7 Å². The van der Waals surface area contributed by atoms with Crippen LogP contribution in [-0.4, -0.2) is 67.2 Å². The number of nitrogens with zero attached hydrogens (tertiary/aromatic N) is 5. The van der Waals surface area contributed by atoms with Crippen LogP contribution >= 0.6 is 39.9 Å². The number of guanidine groups is 1. The van der Waals surface area contributed by atoms with E-state index in [9.17, 15) is 0 Å². The van der Waals surface area contributed by atoms with Gasteiger partial charge in [-0.25, -0.2) is 4.98 Å². The normalized spacial score (nSPS) is 15.2. The number of methoxy groups -OCH3 is 1. The van der Waals surface area contributed by atoms with Crippen LogP contribution in [0.25, 0.3) is 0 Å². The van der Waals surface area contributed by atoms with Crippen LogP contribution in [0.2, 0.25) is 0 Å². The first-order valence-corrected chi connectivity index (χ1v) is 9.19. The SMILES string of the molecule is CCNC(=NCC(C)C)N1CCN(c2ncc(Br)c(OC)n2)CC1.I. The molecule has 9 heteroatoms. The predicted octanol–water partition coefficient (Wildman–Crippen LogP) is 2.61. The van der Waals surface area contributed by atoms with Gasteiger partial charge in [0.05, 0.1) is 17.8 Å². The van der Waals surface area contributed by atoms with Gasteiger partial charge in [-0.2, -0.15) is 4.98 Å². The number of nitrogens with one attached hydrogen (secondary N) is 1. The number of halogens is 2. The van der Waals surface area contributed by atoms with Crippen molar-refractivity contribution >= 4 is 51.8 Å². The van der Waals surface area contributed by atoms with Crippen LogP contribution in [0, 0.1) is 5.92 Å². The summed E-state index contributed by atoms with van der Waals surface area (Å²) >= 11 is 3.39. The van der Waals surface area contributed by atoms with Crippen molar-refractivity contribution in [2.75, 3.05) is 51.3 Å². The number of ether oxygens (including phenoxy) is 1. The summed E-state index contributed by atoms with van der Waals surface area (Å²) in [5.74, 6) is 2.83. The molecule has 142 valence electrons. The van der Waals surface area contributed by atoms with Gasteiger partial charge < -0.3 is 19.9 Å². The van der Waals surface area contributed by atoms with E-state index in [2.05, 4.69) is 61.8 Å². The second kappa shape index (κ2) is 11.0. The Morgan fingerprint density at radius 2 is 2.04 bits per heavy atom. The maximum atomic E-state index is 5.26. The molecular formula is C16H28BrIN6O. The smallest absolute Gasteiger partial charge is 0.232 e. The van der Waals surface area contributed by atoms with E-state index in [1.165, 1.54) is 0 Å². The number of anilines is 1. The summed E-state index contributed by atoms with van der Waals surface area (Å²) in [6.07, 6.45) is 1.74. The molecule has 1 N–H and O–H groups in total. The molecule has 7 nitrogen and oxygen atoms in total. The second-order valence-electron chi connectivity index (χ2n) is 6.09. The molecule has 0 atom stereocenters. The molecule has 2 rings (SSSR count). The van der Waals surface area contributed by atoms with Crippen molar-refractivity contribution in [3.05, 3.63) is 10.7 Å². The number of hydrogen-bond acceptors (Lipinski definition) is 5. The van der Waals surface area contributed by atoms with E-state index in [1.54, 1.807) is 13.3 Å². The van der Waals surface area contributed by atoms with Gasteiger partial charge in [-0.05, 0) is 28.8 Å². The maximum absolute atomic E-state index is 5.26. The minimum atomic E-state index is 0. The molecule has 1 fully saturated rings. The molecule has 0 aromatic carbocycles. The summed E-state index contributed by atoms with van der Waals surface area (Å²) in [4.78, 5) is 18.1. The minimum absolute atomic E-state index is 0. The van der Waals surface area contributed by atoms with Gasteiger partial charge in [-0.1, -0.05) is 13.8 Å². The van der Waals surface area contributed by atoms with Gasteiger partial charge in [0.25, 0.3) is 0 Å². The van der Waals surface area contributed by atoms with Crippen molar-refractivity contribution in [3.63, 3.8) is 0 Å². The van der Waals surface area contributed by atoms with E-state index in [1.807, 2.05) is 0 Å². The maximum Gasteiger partial charge on any atom is 0.232 e. The zero-order valence-electron chi connectivity index (χ0n) is 15.3. The average Bonchev–Trinajstić information content (AvgIpc) is 2.59. The fourth-order valence-electron chi connectivity index (χ4n) is 2.45. The standard InChI is InChI=1S/C16H27BrN6O.HI/c1-5-18-15(19-10-12(2)3)22-6-8-23(9-7-22)16-20-11-13(17)14(21-16)24-4;/h11-12H,5-10H2,1-4H3,(H,18,19);1H. The molecule has 1 aromatic rings. The van der Waals surface area contributed by atoms with Crippen molar-refractivity contribution in [1.29, 1.82) is 0 Å². The monoisotopic (exact) mass is 526 g/mol. The van der Waals surface area contributed by atoms with Gasteiger partial charge in [0.2, 0.25) is 11.8 Å². The Morgan fingerprint density at radius 3 is 2.60 bits per heavy atom. The van der Waals surface area contributed by atoms with E-state index in [0.717, 1.165) is 49.7 Å². The lowest BCUT2D eigenvalue weighted by atomic mass is 10.2. The first-order chi connectivity index (χ1) is 11.5. The lowest BCUT2D eigenvalue weighted by Gasteiger charge is -2.36. The molecule has 0 bridgehead atoms. The van der Waals surface area contributed by atoms with Gasteiger partial charge in [0.1, 0.15) is 0 Å². The summed E-state index contributed by atoms with van der Waals surface area (Å²) < 4.78 is 6.02. The zero-order chi connectivity index (χ0) is 17.5. The third-order valence-electron chi connectivity index (χ3n) is 3.70. The topological polar surface area (TPSA) is 65.9 Å². The molecule has 1 aromatic heterocycles. The third kappa shape index (κ3) is 6.43. The Morgan fingerprint density at radius 1 is 1.36 bits per heavy atom. The predicted molar refractivity (Wildman–Crippen MR) is 116 cm³/mol. The van der Waals surface area contributed by atoms with Crippen LogP contribution in [0.4, 0.5) is 5.95 Å². The van der Waals surface area contributed by atoms with Crippen molar-refractivity contribution in [1.82, 2.24) is 20.2 Å². The molecule has 2 heterocycles. The molecule has 0 saturated carbocycles. The van der Waals surface area contributed by atoms with E-state index >= 15 is 0 Å². The van der Waals surface area contributed by atoms with Crippen LogP contribution in [0.5, 0.6) is 5.88 Å². The van der Waals surface area contributed by atoms with Crippen LogP contribution in [0.1, 0.15) is 20.8 Å². The third-order valence-corrected chi connectivity index (χ3v) is 4.24. The van der Waals surface area contributed by atoms with Gasteiger partial charge in [0, 0.05) is 39.3 Å². The average molecular weight is 527 g/mol. The molecule has 0 amide bonds. The van der Waals surface area contributed by atoms with Gasteiger partial charge in [-0.15, -0.1) is 24.0 Å². The summed E-state index contributed by atoms with van der Waals surface area (Å²) in [7, 11) is 1.61. The number of aliphatic imine (C=N–C) groups is 1. The Kier molecular flexibility index (Phi) is 9.77. The highest BCUT2D eigenvalue weighted by atomic mass is 127. The highest BCUT2D eigenvalue weighted by molar-refractivity contribution is 14.0. The van der Waals surface area contributed by atoms with E-state index in [0.29, 0.717) is 17.7 Å². The molecule has 1 aliphatic heterocycles. The van der Waals surface area contributed by atoms with E-state index in [4.69, 9.17) is 9.73 Å². The Hall–Kier alpha value is -0.840. The fraction of sp³-hybridized carbons (Fsp3) is 0.688. The Labute approximate surface area is 175 Å². The Bertz CT molecular complexity index is 564. The van der Waals surface area contributed by atoms with Crippen molar-refractivity contribution in [2.45, 2.75) is 20.8 Å². The van der Waals surface area contributed by atoms with Gasteiger partial charge in [-0.3, -0.25) is 4.99 Å². The van der Waals surface area contributed by atoms with Crippen LogP contribution < -0.4 is 15.0 Å². The first kappa shape index (κ1) is 22.2. The summed E-state index contributed by atoms with van der Waals surface area (Å²) in [6, 6.07) is 0. The molecule has 25 heavy (non-hydrogen) atoms. The molecule has 0 aliphatic carbocycles. The van der Waals surface area contributed by atoms with Crippen LogP contribution in [0.3, 0.4) is 0 Å². The molecule has 1 aliphatic rings. The molecule has 1 saturated heterocycles. The largest absolute Gasteiger partial charge is 0.480 e. The fourth-order valence-corrected chi connectivity index (χ4v) is 2.80. The number of piperazine rings is 1. The summed E-state index contributed by atoms with van der Waals surface area (Å²) in [5, 5.41) is 3.39. The van der Waals surface area contributed by atoms with Crippen molar-refractivity contribution in [2.24, 2.45) is 10.9 Å². The zero-order valence-corrected chi connectivity index (χ0v) is 19.2. The minimum Gasteiger partial charge on any atom is -0.480 e. The highest BCUT2D eigenvalue weighted by Gasteiger charge is 2.22. The number of hydrogen-bond donors (Lipinski definition) is 1. The van der Waals surface area contributed by atoms with E-state index < -0.39 is 0 Å². The second-order valence-corrected chi connectivity index (χ2v) is 6.94. The quantitative estimate of drug-likeness (QED) is 0.361. The number of aromatic nitrogens is 2. The van der Waals surface area contributed by atoms with Crippen molar-refractivity contribution in [3.8, 4) is 5.88 Å². The molecule has 0 unspecified atom stereocenters. The summed E-state index contributed by atoms with van der Waals surface area (Å²) in [5.41, 5.74) is 0. The number of rotatable bonds is 5. The summed E-state index contributed by atoms with van der Waals surface area (Å²) in [6.45, 7) is 11.7. The van der Waals surface area contributed by atoms with E-state index in [-0.39, 0.29) is 24.0 Å². The molecular weight excluding hydrogens is 499 g/mol. The van der Waals surface area contributed by atoms with Gasteiger partial charge >= 0.3 is 0 Å². The first-order valence-electron chi connectivity index (χ1n) is 8.39. The molecule has 0 radical (unpaired) electrons. The Balaban J connectivity index is 0.00000312. The van der Waals surface area contributed by atoms with Crippen molar-refractivity contribution < 1.29 is 4.74 Å². The lowest BCUT2D eigenvalue weighted by Crippen LogP contribution is -2.53. The molecule has 0 spiro atoms. The lowest BCUT2D eigenvalue weighted by molar-refractivity contribution is 0.365. The van der Waals surface area contributed by atoms with Gasteiger partial charge in [0.15, 0.2) is 5.96 Å². The van der Waals surface area contributed by atoms with Crippen LogP contribution in [-0.2, 0) is 0 Å².